The summed E-state index contributed by atoms with van der Waals surface area (Å²) >= 11 is 0. The Morgan fingerprint density at radius 3 is 1.75 bits per heavy atom. The van der Waals surface area contributed by atoms with Crippen molar-refractivity contribution in [2.24, 2.45) is 0 Å². The van der Waals surface area contributed by atoms with Gasteiger partial charge in [-0.05, 0) is 18.6 Å². The number of hydrogen-bond donors (Lipinski definition) is 1. The summed E-state index contributed by atoms with van der Waals surface area (Å²) in [6.45, 7) is 0. The number of H-pyrrole nitrogens is 1. The fraction of sp³-hybridized carbons (Fsp3) is 0.0909. The van der Waals surface area contributed by atoms with Crippen molar-refractivity contribution in [1.29, 1.82) is 0 Å². The maximum atomic E-state index is 2.86. The monoisotopic (exact) mass is 159 g/mol. The zero-order valence-corrected chi connectivity index (χ0v) is 6.98. The third-order valence-corrected chi connectivity index (χ3v) is 1.37. The summed E-state index contributed by atoms with van der Waals surface area (Å²) < 4.78 is 0. The van der Waals surface area contributed by atoms with Crippen molar-refractivity contribution in [3.8, 4) is 0 Å². The van der Waals surface area contributed by atoms with Crippen molar-refractivity contribution in [1.82, 2.24) is 4.98 Å². The molecule has 0 saturated heterocycles. The standard InChI is InChI=1S/C7H8.C4H5N/c1-2-4-6-7-5-3-1;1-2-4-5-3-1/h1-6H,7H2;1-5H. The molecule has 12 heavy (non-hydrogen) atoms. The molecule has 1 aromatic heterocycles. The topological polar surface area (TPSA) is 15.8 Å². The van der Waals surface area contributed by atoms with Gasteiger partial charge in [0.15, 0.2) is 0 Å². The van der Waals surface area contributed by atoms with E-state index in [0.717, 1.165) is 6.42 Å². The minimum atomic E-state index is 1.08. The van der Waals surface area contributed by atoms with E-state index in [1.165, 1.54) is 0 Å². The Labute approximate surface area is 73.1 Å². The van der Waals surface area contributed by atoms with Gasteiger partial charge in [0.1, 0.15) is 0 Å². The Balaban J connectivity index is 0.000000127. The van der Waals surface area contributed by atoms with Crippen molar-refractivity contribution in [3.63, 3.8) is 0 Å². The van der Waals surface area contributed by atoms with Gasteiger partial charge in [0.05, 0.1) is 0 Å². The van der Waals surface area contributed by atoms with Gasteiger partial charge in [-0.25, -0.2) is 0 Å². The lowest BCUT2D eigenvalue weighted by Gasteiger charge is -1.69. The molecule has 0 spiro atoms. The van der Waals surface area contributed by atoms with Crippen molar-refractivity contribution >= 4 is 0 Å². The van der Waals surface area contributed by atoms with Gasteiger partial charge in [-0.3, -0.25) is 0 Å². The van der Waals surface area contributed by atoms with E-state index in [9.17, 15) is 0 Å². The highest BCUT2D eigenvalue weighted by molar-refractivity contribution is 5.16. The summed E-state index contributed by atoms with van der Waals surface area (Å²) in [7, 11) is 0. The van der Waals surface area contributed by atoms with E-state index < -0.39 is 0 Å². The maximum Gasteiger partial charge on any atom is 0.000496 e. The third kappa shape index (κ3) is 4.34. The minimum Gasteiger partial charge on any atom is -0.368 e. The average Bonchev–Trinajstić information content (AvgIpc) is 2.54. The Kier molecular flexibility index (Phi) is 4.46. The van der Waals surface area contributed by atoms with E-state index in [-0.39, 0.29) is 0 Å². The number of rotatable bonds is 0. The van der Waals surface area contributed by atoms with Gasteiger partial charge in [-0.1, -0.05) is 36.5 Å². The van der Waals surface area contributed by atoms with E-state index >= 15 is 0 Å². The molecule has 0 aliphatic heterocycles. The first-order valence-electron chi connectivity index (χ1n) is 4.06. The highest BCUT2D eigenvalue weighted by Crippen LogP contribution is 1.91. The minimum absolute atomic E-state index is 1.08. The molecule has 0 aromatic carbocycles. The van der Waals surface area contributed by atoms with Crippen molar-refractivity contribution in [2.45, 2.75) is 6.42 Å². The molecule has 1 aromatic rings. The lowest BCUT2D eigenvalue weighted by Crippen LogP contribution is -1.48. The molecule has 1 N–H and O–H groups in total. The van der Waals surface area contributed by atoms with E-state index in [1.807, 2.05) is 36.7 Å². The molecule has 1 nitrogen and oxygen atoms in total. The van der Waals surface area contributed by atoms with Crippen LogP contribution < -0.4 is 0 Å². The highest BCUT2D eigenvalue weighted by atomic mass is 14.6. The van der Waals surface area contributed by atoms with E-state index in [4.69, 9.17) is 0 Å². The van der Waals surface area contributed by atoms with Gasteiger partial charge in [0.25, 0.3) is 0 Å². The van der Waals surface area contributed by atoms with Crippen molar-refractivity contribution in [3.05, 3.63) is 61.0 Å². The fourth-order valence-electron chi connectivity index (χ4n) is 0.799. The molecule has 0 radical (unpaired) electrons. The second kappa shape index (κ2) is 6.23. The average molecular weight is 159 g/mol. The molecule has 0 amide bonds. The van der Waals surface area contributed by atoms with Gasteiger partial charge < -0.3 is 4.98 Å². The molecule has 62 valence electrons. The maximum absolute atomic E-state index is 2.86. The van der Waals surface area contributed by atoms with Crippen LogP contribution in [0, 0.1) is 0 Å². The van der Waals surface area contributed by atoms with Crippen molar-refractivity contribution in [2.75, 3.05) is 0 Å². The normalized spacial score (nSPS) is 13.3. The number of nitrogens with one attached hydrogen (secondary N) is 1. The zero-order chi connectivity index (χ0) is 8.49. The first kappa shape index (κ1) is 8.60. The predicted octanol–water partition coefficient (Wildman–Crippen LogP) is 3.07. The summed E-state index contributed by atoms with van der Waals surface area (Å²) in [5.41, 5.74) is 0. The van der Waals surface area contributed by atoms with E-state index in [1.54, 1.807) is 0 Å². The van der Waals surface area contributed by atoms with Crippen LogP contribution in [0.4, 0.5) is 0 Å². The molecule has 1 aliphatic carbocycles. The van der Waals surface area contributed by atoms with Crippen LogP contribution in [0.15, 0.2) is 61.0 Å². The largest absolute Gasteiger partial charge is 0.368 e. The van der Waals surface area contributed by atoms with Gasteiger partial charge in [-0.15, -0.1) is 0 Å². The lowest BCUT2D eigenvalue weighted by atomic mass is 10.4. The molecule has 1 heterocycles. The van der Waals surface area contributed by atoms with E-state index in [0.29, 0.717) is 0 Å². The van der Waals surface area contributed by atoms with Crippen LogP contribution in [0.25, 0.3) is 0 Å². The summed E-state index contributed by atoms with van der Waals surface area (Å²) in [6, 6.07) is 3.89. The third-order valence-electron chi connectivity index (χ3n) is 1.37. The molecule has 1 aliphatic rings. The van der Waals surface area contributed by atoms with Crippen LogP contribution in [-0.2, 0) is 0 Å². The number of hydrogen-bond acceptors (Lipinski definition) is 0. The van der Waals surface area contributed by atoms with Crippen LogP contribution >= 0.6 is 0 Å². The number of aromatic nitrogens is 1. The van der Waals surface area contributed by atoms with Crippen LogP contribution in [0.3, 0.4) is 0 Å². The van der Waals surface area contributed by atoms with Gasteiger partial charge in [-0.2, -0.15) is 0 Å². The predicted molar refractivity (Wildman–Crippen MR) is 52.8 cm³/mol. The van der Waals surface area contributed by atoms with Crippen LogP contribution in [0.2, 0.25) is 0 Å². The second-order valence-corrected chi connectivity index (χ2v) is 2.36. The summed E-state index contributed by atoms with van der Waals surface area (Å²) in [5, 5.41) is 0. The molecule has 2 rings (SSSR count). The molecular weight excluding hydrogens is 146 g/mol. The summed E-state index contributed by atoms with van der Waals surface area (Å²) in [4.78, 5) is 2.86. The summed E-state index contributed by atoms with van der Waals surface area (Å²) in [6.07, 6.45) is 17.2. The molecule has 1 heteroatoms. The van der Waals surface area contributed by atoms with Crippen LogP contribution in [0.1, 0.15) is 6.42 Å². The SMILES string of the molecule is C1=CC=CCC=C1.c1cc[nH]c1. The smallest absolute Gasteiger partial charge is 0.000496 e. The molecule has 0 bridgehead atoms. The zero-order valence-electron chi connectivity index (χ0n) is 6.98. The molecular formula is C11H13N. The number of aromatic amines is 1. The van der Waals surface area contributed by atoms with E-state index in [2.05, 4.69) is 29.3 Å². The van der Waals surface area contributed by atoms with Crippen LogP contribution in [-0.4, -0.2) is 4.98 Å². The second-order valence-electron chi connectivity index (χ2n) is 2.36. The highest BCUT2D eigenvalue weighted by Gasteiger charge is 1.70. The first-order chi connectivity index (χ1) is 6.00. The summed E-state index contributed by atoms with van der Waals surface area (Å²) in [5.74, 6) is 0. The van der Waals surface area contributed by atoms with Crippen molar-refractivity contribution < 1.29 is 0 Å². The van der Waals surface area contributed by atoms with Gasteiger partial charge in [0.2, 0.25) is 0 Å². The Morgan fingerprint density at radius 2 is 1.33 bits per heavy atom. The Bertz CT molecular complexity index is 221. The first-order valence-corrected chi connectivity index (χ1v) is 4.06. The Morgan fingerprint density at radius 1 is 0.750 bits per heavy atom. The molecule has 0 atom stereocenters. The van der Waals surface area contributed by atoms with Gasteiger partial charge >= 0.3 is 0 Å². The van der Waals surface area contributed by atoms with Crippen LogP contribution in [0.5, 0.6) is 0 Å². The van der Waals surface area contributed by atoms with Gasteiger partial charge in [0, 0.05) is 12.4 Å². The lowest BCUT2D eigenvalue weighted by molar-refractivity contribution is 1.41. The quantitative estimate of drug-likeness (QED) is 0.598. The fourth-order valence-corrected chi connectivity index (χ4v) is 0.799. The molecule has 0 fully saturated rings. The Hall–Kier alpha value is -1.50. The number of allylic oxidation sites excluding steroid dienone is 6. The molecule has 0 saturated carbocycles. The molecule has 0 unspecified atom stereocenters.